The minimum Gasteiger partial charge on any atom is -0.296 e. The smallest absolute Gasteiger partial charge is 0.196 e. The lowest BCUT2D eigenvalue weighted by atomic mass is 9.92. The number of thioether (sulfide) groups is 1. The summed E-state index contributed by atoms with van der Waals surface area (Å²) in [4.78, 5) is 14.6. The molecule has 6 heteroatoms. The zero-order valence-corrected chi connectivity index (χ0v) is 19.6. The Kier molecular flexibility index (Phi) is 6.58. The van der Waals surface area contributed by atoms with Crippen LogP contribution in [-0.4, -0.2) is 38.5 Å². The van der Waals surface area contributed by atoms with Gasteiger partial charge in [0.15, 0.2) is 16.8 Å². The molecule has 3 aromatic rings. The number of hydrogen-bond donors (Lipinski definition) is 0. The Morgan fingerprint density at radius 1 is 1.03 bits per heavy atom. The summed E-state index contributed by atoms with van der Waals surface area (Å²) in [6.45, 7) is 10.9. The summed E-state index contributed by atoms with van der Waals surface area (Å²) in [5, 5.41) is 10.0. The Hall–Kier alpha value is -2.44. The second-order valence-corrected chi connectivity index (χ2v) is 9.33. The largest absolute Gasteiger partial charge is 0.296 e. The van der Waals surface area contributed by atoms with Crippen LogP contribution >= 0.6 is 11.8 Å². The number of rotatable bonds is 7. The molecule has 31 heavy (non-hydrogen) atoms. The van der Waals surface area contributed by atoms with Gasteiger partial charge in [-0.15, -0.1) is 10.2 Å². The molecule has 4 rings (SSSR count). The predicted molar refractivity (Wildman–Crippen MR) is 126 cm³/mol. The Bertz CT molecular complexity index is 1080. The van der Waals surface area contributed by atoms with Gasteiger partial charge < -0.3 is 0 Å². The fourth-order valence-electron chi connectivity index (χ4n) is 4.60. The highest BCUT2D eigenvalue weighted by atomic mass is 32.2. The molecular formula is C25H30N4OS. The van der Waals surface area contributed by atoms with Crippen molar-refractivity contribution < 1.29 is 4.79 Å². The summed E-state index contributed by atoms with van der Waals surface area (Å²) in [5.41, 5.74) is 6.50. The van der Waals surface area contributed by atoms with Gasteiger partial charge in [-0.05, 0) is 88.0 Å². The summed E-state index contributed by atoms with van der Waals surface area (Å²) < 4.78 is 2.19. The van der Waals surface area contributed by atoms with E-state index in [1.54, 1.807) is 18.7 Å². The number of carbonyl (C=O) groups excluding carboxylic acids is 1. The van der Waals surface area contributed by atoms with E-state index in [2.05, 4.69) is 63.8 Å². The van der Waals surface area contributed by atoms with Crippen molar-refractivity contribution in [2.45, 2.75) is 58.0 Å². The van der Waals surface area contributed by atoms with Gasteiger partial charge in [-0.3, -0.25) is 14.3 Å². The number of benzene rings is 2. The Labute approximate surface area is 188 Å². The number of hydrogen-bond acceptors (Lipinski definition) is 5. The molecule has 1 fully saturated rings. The summed E-state index contributed by atoms with van der Waals surface area (Å²) >= 11 is 1.69. The molecule has 0 atom stereocenters. The first-order valence-corrected chi connectivity index (χ1v) is 11.9. The Balaban J connectivity index is 1.66. The number of ketones is 1. The van der Waals surface area contributed by atoms with Crippen LogP contribution in [0, 0.1) is 20.8 Å². The highest BCUT2D eigenvalue weighted by Crippen LogP contribution is 2.31. The van der Waals surface area contributed by atoms with E-state index in [-0.39, 0.29) is 5.78 Å². The van der Waals surface area contributed by atoms with E-state index in [9.17, 15) is 4.79 Å². The van der Waals surface area contributed by atoms with E-state index in [0.717, 1.165) is 58.7 Å². The van der Waals surface area contributed by atoms with Crippen LogP contribution in [0.4, 0.5) is 0 Å². The number of aryl methyl sites for hydroxylation is 2. The van der Waals surface area contributed by atoms with Gasteiger partial charge in [-0.2, -0.15) is 0 Å². The number of Topliss-reactive ketones (excluding diaryl/α,β-unsaturated/α-hetero) is 1. The van der Waals surface area contributed by atoms with Crippen LogP contribution in [0.15, 0.2) is 41.6 Å². The standard InChI is InChI=1S/C25H30N4OS/c1-17-14-18(2)24(20(4)30)19(3)22(17)16-31-25-27-26-23(15-28-12-8-9-13-28)29(25)21-10-6-5-7-11-21/h5-7,10-11,14H,8-9,12-13,15-16H2,1-4H3. The molecule has 0 aliphatic carbocycles. The van der Waals surface area contributed by atoms with Gasteiger partial charge in [0.1, 0.15) is 0 Å². The Morgan fingerprint density at radius 2 is 1.74 bits per heavy atom. The molecule has 0 spiro atoms. The molecule has 5 nitrogen and oxygen atoms in total. The monoisotopic (exact) mass is 434 g/mol. The first-order valence-electron chi connectivity index (χ1n) is 10.9. The third-order valence-electron chi connectivity index (χ3n) is 6.11. The lowest BCUT2D eigenvalue weighted by Gasteiger charge is -2.17. The van der Waals surface area contributed by atoms with E-state index in [4.69, 9.17) is 0 Å². The van der Waals surface area contributed by atoms with E-state index in [0.29, 0.717) is 0 Å². The summed E-state index contributed by atoms with van der Waals surface area (Å²) in [6.07, 6.45) is 2.51. The van der Waals surface area contributed by atoms with Gasteiger partial charge in [0.25, 0.3) is 0 Å². The van der Waals surface area contributed by atoms with Crippen molar-refractivity contribution in [3.63, 3.8) is 0 Å². The van der Waals surface area contributed by atoms with E-state index < -0.39 is 0 Å². The zero-order chi connectivity index (χ0) is 22.0. The Morgan fingerprint density at radius 3 is 2.42 bits per heavy atom. The molecule has 2 aromatic carbocycles. The summed E-state index contributed by atoms with van der Waals surface area (Å²) in [6, 6.07) is 12.5. The van der Waals surface area contributed by atoms with Crippen molar-refractivity contribution in [2.75, 3.05) is 13.1 Å². The van der Waals surface area contributed by atoms with Gasteiger partial charge in [-0.1, -0.05) is 36.0 Å². The maximum absolute atomic E-state index is 12.2. The molecule has 0 radical (unpaired) electrons. The molecule has 0 amide bonds. The zero-order valence-electron chi connectivity index (χ0n) is 18.8. The molecule has 0 unspecified atom stereocenters. The third kappa shape index (κ3) is 4.60. The second-order valence-electron chi connectivity index (χ2n) is 8.39. The fourth-order valence-corrected chi connectivity index (χ4v) is 5.76. The third-order valence-corrected chi connectivity index (χ3v) is 7.06. The maximum Gasteiger partial charge on any atom is 0.196 e. The van der Waals surface area contributed by atoms with Crippen LogP contribution < -0.4 is 0 Å². The average Bonchev–Trinajstić information content (AvgIpc) is 3.38. The van der Waals surface area contributed by atoms with Crippen molar-refractivity contribution in [3.05, 3.63) is 70.0 Å². The van der Waals surface area contributed by atoms with Crippen LogP contribution in [0.2, 0.25) is 0 Å². The minimum atomic E-state index is 0.126. The fraction of sp³-hybridized carbons (Fsp3) is 0.400. The minimum absolute atomic E-state index is 0.126. The topological polar surface area (TPSA) is 51.0 Å². The van der Waals surface area contributed by atoms with E-state index in [1.807, 2.05) is 13.0 Å². The highest BCUT2D eigenvalue weighted by Gasteiger charge is 2.20. The van der Waals surface area contributed by atoms with Crippen LogP contribution in [0.25, 0.3) is 5.69 Å². The van der Waals surface area contributed by atoms with Crippen LogP contribution in [0.5, 0.6) is 0 Å². The first-order chi connectivity index (χ1) is 15.0. The molecule has 2 heterocycles. The van der Waals surface area contributed by atoms with Crippen LogP contribution in [-0.2, 0) is 12.3 Å². The second kappa shape index (κ2) is 9.37. The summed E-state index contributed by atoms with van der Waals surface area (Å²) in [5.74, 6) is 1.87. The number of likely N-dealkylation sites (tertiary alicyclic amines) is 1. The van der Waals surface area contributed by atoms with Crippen molar-refractivity contribution in [3.8, 4) is 5.69 Å². The van der Waals surface area contributed by atoms with Crippen LogP contribution in [0.1, 0.15) is 58.2 Å². The highest BCUT2D eigenvalue weighted by molar-refractivity contribution is 7.98. The number of nitrogens with zero attached hydrogens (tertiary/aromatic N) is 4. The van der Waals surface area contributed by atoms with Gasteiger partial charge in [0, 0.05) is 17.0 Å². The molecular weight excluding hydrogens is 404 g/mol. The molecule has 1 saturated heterocycles. The molecule has 1 aliphatic rings. The van der Waals surface area contributed by atoms with Crippen molar-refractivity contribution in [2.24, 2.45) is 0 Å². The number of carbonyl (C=O) groups is 1. The van der Waals surface area contributed by atoms with Crippen molar-refractivity contribution in [1.29, 1.82) is 0 Å². The van der Waals surface area contributed by atoms with Gasteiger partial charge in [-0.25, -0.2) is 0 Å². The molecule has 1 aromatic heterocycles. The van der Waals surface area contributed by atoms with Crippen LogP contribution in [0.3, 0.4) is 0 Å². The quantitative estimate of drug-likeness (QED) is 0.374. The molecule has 0 saturated carbocycles. The molecule has 1 aliphatic heterocycles. The molecule has 0 N–H and O–H groups in total. The lowest BCUT2D eigenvalue weighted by molar-refractivity contribution is 0.101. The average molecular weight is 435 g/mol. The van der Waals surface area contributed by atoms with E-state index >= 15 is 0 Å². The normalized spacial score (nSPS) is 14.3. The van der Waals surface area contributed by atoms with Gasteiger partial charge >= 0.3 is 0 Å². The van der Waals surface area contributed by atoms with Crippen molar-refractivity contribution >= 4 is 17.5 Å². The predicted octanol–water partition coefficient (Wildman–Crippen LogP) is 5.28. The summed E-state index contributed by atoms with van der Waals surface area (Å²) in [7, 11) is 0. The first kappa shape index (κ1) is 21.8. The van der Waals surface area contributed by atoms with E-state index in [1.165, 1.54) is 24.0 Å². The molecule has 0 bridgehead atoms. The number of para-hydroxylation sites is 1. The molecule has 162 valence electrons. The number of aromatic nitrogens is 3. The van der Waals surface area contributed by atoms with Gasteiger partial charge in [0.2, 0.25) is 0 Å². The lowest BCUT2D eigenvalue weighted by Crippen LogP contribution is -2.21. The maximum atomic E-state index is 12.2. The van der Waals surface area contributed by atoms with Gasteiger partial charge in [0.05, 0.1) is 6.54 Å². The van der Waals surface area contributed by atoms with Crippen molar-refractivity contribution in [1.82, 2.24) is 19.7 Å². The SMILES string of the molecule is CC(=O)c1c(C)cc(C)c(CSc2nnc(CN3CCCC3)n2-c2ccccc2)c1C.